The lowest BCUT2D eigenvalue weighted by Crippen LogP contribution is -2.41. The van der Waals surface area contributed by atoms with Crippen LogP contribution in [0.3, 0.4) is 0 Å². The highest BCUT2D eigenvalue weighted by Crippen LogP contribution is 2.24. The molecule has 8 nitrogen and oxygen atoms in total. The molecule has 1 fully saturated rings. The quantitative estimate of drug-likeness (QED) is 0.327. The minimum atomic E-state index is -0.505. The van der Waals surface area contributed by atoms with Crippen LogP contribution < -0.4 is 15.4 Å². The first kappa shape index (κ1) is 23.5. The molecule has 0 aromatic heterocycles. The average Bonchev–Trinajstić information content (AvgIpc) is 2.79. The Morgan fingerprint density at radius 1 is 1.12 bits per heavy atom. The van der Waals surface area contributed by atoms with E-state index in [0.29, 0.717) is 15.8 Å². The van der Waals surface area contributed by atoms with E-state index >= 15 is 0 Å². The standard InChI is InChI=1S/C23H24BrN3O5/c1-32-21-12-9-16(24)14-19(21)22(28)26-20(23(29)25-17-5-3-2-4-6-17)13-15-7-10-18(11-8-15)27(30)31/h7-14,17H,2-6H2,1H3,(H,25,29)(H,26,28)/b20-13-. The molecule has 2 aromatic carbocycles. The first-order valence-corrected chi connectivity index (χ1v) is 11.1. The summed E-state index contributed by atoms with van der Waals surface area (Å²) < 4.78 is 5.96. The summed E-state index contributed by atoms with van der Waals surface area (Å²) in [5, 5.41) is 16.6. The highest BCUT2D eigenvalue weighted by molar-refractivity contribution is 9.10. The number of ether oxygens (including phenoxy) is 1. The summed E-state index contributed by atoms with van der Waals surface area (Å²) in [7, 11) is 1.46. The van der Waals surface area contributed by atoms with Crippen LogP contribution in [0.2, 0.25) is 0 Å². The van der Waals surface area contributed by atoms with Crippen molar-refractivity contribution in [2.75, 3.05) is 7.11 Å². The van der Waals surface area contributed by atoms with E-state index in [-0.39, 0.29) is 23.0 Å². The maximum absolute atomic E-state index is 13.0. The maximum Gasteiger partial charge on any atom is 0.269 e. The second-order valence-electron chi connectivity index (χ2n) is 7.51. The van der Waals surface area contributed by atoms with Crippen molar-refractivity contribution in [1.29, 1.82) is 0 Å². The largest absolute Gasteiger partial charge is 0.496 e. The summed E-state index contributed by atoms with van der Waals surface area (Å²) in [6.07, 6.45) is 6.54. The molecule has 1 aliphatic rings. The Bertz CT molecular complexity index is 1030. The van der Waals surface area contributed by atoms with Crippen LogP contribution >= 0.6 is 15.9 Å². The number of nitro benzene ring substituents is 1. The molecule has 1 aliphatic carbocycles. The summed E-state index contributed by atoms with van der Waals surface area (Å²) >= 11 is 3.34. The van der Waals surface area contributed by atoms with E-state index in [0.717, 1.165) is 32.1 Å². The van der Waals surface area contributed by atoms with Crippen LogP contribution in [0.4, 0.5) is 5.69 Å². The van der Waals surface area contributed by atoms with E-state index < -0.39 is 16.7 Å². The molecular formula is C23H24BrN3O5. The van der Waals surface area contributed by atoms with Crippen LogP contribution in [0.1, 0.15) is 48.0 Å². The van der Waals surface area contributed by atoms with Gasteiger partial charge in [0.2, 0.25) is 0 Å². The smallest absolute Gasteiger partial charge is 0.269 e. The lowest BCUT2D eigenvalue weighted by atomic mass is 9.95. The molecule has 2 aromatic rings. The lowest BCUT2D eigenvalue weighted by Gasteiger charge is -2.23. The van der Waals surface area contributed by atoms with Crippen LogP contribution in [-0.4, -0.2) is 29.9 Å². The zero-order valence-corrected chi connectivity index (χ0v) is 19.2. The van der Waals surface area contributed by atoms with Crippen LogP contribution in [0, 0.1) is 10.1 Å². The first-order valence-electron chi connectivity index (χ1n) is 10.3. The number of amides is 2. The minimum Gasteiger partial charge on any atom is -0.496 e. The minimum absolute atomic E-state index is 0.0498. The van der Waals surface area contributed by atoms with Crippen molar-refractivity contribution in [3.05, 3.63) is 73.9 Å². The molecule has 2 amide bonds. The fourth-order valence-corrected chi connectivity index (χ4v) is 3.94. The first-order chi connectivity index (χ1) is 15.4. The maximum atomic E-state index is 13.0. The molecule has 9 heteroatoms. The fourth-order valence-electron chi connectivity index (χ4n) is 3.57. The summed E-state index contributed by atoms with van der Waals surface area (Å²) in [5.41, 5.74) is 0.808. The number of carbonyl (C=O) groups is 2. The molecule has 0 bridgehead atoms. The summed E-state index contributed by atoms with van der Waals surface area (Å²) in [6.45, 7) is 0. The van der Waals surface area contributed by atoms with E-state index in [1.165, 1.54) is 37.5 Å². The Hall–Kier alpha value is -3.20. The van der Waals surface area contributed by atoms with Gasteiger partial charge in [-0.1, -0.05) is 35.2 Å². The van der Waals surface area contributed by atoms with E-state index in [4.69, 9.17) is 4.74 Å². The van der Waals surface area contributed by atoms with E-state index in [1.807, 2.05) is 0 Å². The molecule has 0 heterocycles. The monoisotopic (exact) mass is 501 g/mol. The molecular weight excluding hydrogens is 478 g/mol. The van der Waals surface area contributed by atoms with E-state index in [9.17, 15) is 19.7 Å². The zero-order chi connectivity index (χ0) is 23.1. The third-order valence-corrected chi connectivity index (χ3v) is 5.75. The Morgan fingerprint density at radius 3 is 2.44 bits per heavy atom. The van der Waals surface area contributed by atoms with Gasteiger partial charge in [0.25, 0.3) is 17.5 Å². The van der Waals surface area contributed by atoms with Crippen molar-refractivity contribution in [2.45, 2.75) is 38.1 Å². The van der Waals surface area contributed by atoms with Crippen molar-refractivity contribution in [3.8, 4) is 5.75 Å². The zero-order valence-electron chi connectivity index (χ0n) is 17.6. The van der Waals surface area contributed by atoms with Gasteiger partial charge in [0.1, 0.15) is 11.4 Å². The van der Waals surface area contributed by atoms with Gasteiger partial charge in [-0.25, -0.2) is 0 Å². The van der Waals surface area contributed by atoms with Gasteiger partial charge in [0, 0.05) is 22.6 Å². The Labute approximate surface area is 194 Å². The topological polar surface area (TPSA) is 111 Å². The predicted molar refractivity (Wildman–Crippen MR) is 124 cm³/mol. The molecule has 3 rings (SSSR count). The van der Waals surface area contributed by atoms with Crippen LogP contribution in [-0.2, 0) is 4.79 Å². The van der Waals surface area contributed by atoms with Gasteiger partial charge < -0.3 is 15.4 Å². The van der Waals surface area contributed by atoms with Crippen molar-refractivity contribution in [3.63, 3.8) is 0 Å². The molecule has 0 radical (unpaired) electrons. The highest BCUT2D eigenvalue weighted by Gasteiger charge is 2.21. The number of nitro groups is 1. The van der Waals surface area contributed by atoms with Gasteiger partial charge in [-0.2, -0.15) is 0 Å². The Kier molecular flexibility index (Phi) is 7.99. The second kappa shape index (κ2) is 10.9. The molecule has 0 saturated heterocycles. The number of hydrogen-bond acceptors (Lipinski definition) is 5. The van der Waals surface area contributed by atoms with Crippen molar-refractivity contribution >= 4 is 39.5 Å². The fraction of sp³-hybridized carbons (Fsp3) is 0.304. The Balaban J connectivity index is 1.88. The number of nitrogens with one attached hydrogen (secondary N) is 2. The summed E-state index contributed by atoms with van der Waals surface area (Å²) in [6, 6.07) is 10.8. The number of methoxy groups -OCH3 is 1. The number of nitrogens with zero attached hydrogens (tertiary/aromatic N) is 1. The van der Waals surface area contributed by atoms with Gasteiger partial charge >= 0.3 is 0 Å². The van der Waals surface area contributed by atoms with Gasteiger partial charge in [0.05, 0.1) is 17.6 Å². The third-order valence-electron chi connectivity index (χ3n) is 5.25. The molecule has 168 valence electrons. The number of rotatable bonds is 7. The van der Waals surface area contributed by atoms with Gasteiger partial charge in [-0.15, -0.1) is 0 Å². The predicted octanol–water partition coefficient (Wildman–Crippen LogP) is 4.59. The average molecular weight is 502 g/mol. The molecule has 32 heavy (non-hydrogen) atoms. The van der Waals surface area contributed by atoms with Crippen LogP contribution in [0.5, 0.6) is 5.75 Å². The molecule has 0 atom stereocenters. The Morgan fingerprint density at radius 2 is 1.81 bits per heavy atom. The van der Waals surface area contributed by atoms with Crippen LogP contribution in [0.15, 0.2) is 52.6 Å². The number of non-ortho nitro benzene ring substituents is 1. The second-order valence-corrected chi connectivity index (χ2v) is 8.43. The molecule has 1 saturated carbocycles. The molecule has 2 N–H and O–H groups in total. The summed E-state index contributed by atoms with van der Waals surface area (Å²) in [4.78, 5) is 36.4. The van der Waals surface area contributed by atoms with Gasteiger partial charge in [-0.05, 0) is 54.8 Å². The van der Waals surface area contributed by atoms with Gasteiger partial charge in [0.15, 0.2) is 0 Å². The molecule has 0 aliphatic heterocycles. The highest BCUT2D eigenvalue weighted by atomic mass is 79.9. The molecule has 0 unspecified atom stereocenters. The van der Waals surface area contributed by atoms with Crippen molar-refractivity contribution in [2.24, 2.45) is 0 Å². The molecule has 0 spiro atoms. The van der Waals surface area contributed by atoms with Gasteiger partial charge in [-0.3, -0.25) is 19.7 Å². The van der Waals surface area contributed by atoms with E-state index in [1.54, 1.807) is 18.2 Å². The SMILES string of the molecule is COc1ccc(Br)cc1C(=O)N/C(=C\c1ccc([N+](=O)[O-])cc1)C(=O)NC1CCCCC1. The lowest BCUT2D eigenvalue weighted by molar-refractivity contribution is -0.384. The number of halogens is 1. The van der Waals surface area contributed by atoms with Crippen molar-refractivity contribution < 1.29 is 19.2 Å². The third kappa shape index (κ3) is 6.16. The number of hydrogen-bond donors (Lipinski definition) is 2. The van der Waals surface area contributed by atoms with E-state index in [2.05, 4.69) is 26.6 Å². The van der Waals surface area contributed by atoms with Crippen LogP contribution in [0.25, 0.3) is 6.08 Å². The van der Waals surface area contributed by atoms with Crippen molar-refractivity contribution in [1.82, 2.24) is 10.6 Å². The normalized spacial score (nSPS) is 14.5. The number of benzene rings is 2. The summed E-state index contributed by atoms with van der Waals surface area (Å²) in [5.74, 6) is -0.541. The number of carbonyl (C=O) groups excluding carboxylic acids is 2.